The lowest BCUT2D eigenvalue weighted by Crippen LogP contribution is -2.34. The van der Waals surface area contributed by atoms with E-state index in [1.165, 1.54) is 12.1 Å². The van der Waals surface area contributed by atoms with Gasteiger partial charge in [-0.2, -0.15) is 0 Å². The Labute approximate surface area is 165 Å². The Kier molecular flexibility index (Phi) is 6.52. The zero-order valence-electron chi connectivity index (χ0n) is 16.3. The van der Waals surface area contributed by atoms with Gasteiger partial charge in [-0.05, 0) is 61.4 Å². The minimum Gasteiger partial charge on any atom is -0.495 e. The molecule has 2 N–H and O–H groups in total. The summed E-state index contributed by atoms with van der Waals surface area (Å²) in [7, 11) is 1.60. The van der Waals surface area contributed by atoms with E-state index < -0.39 is 0 Å². The third kappa shape index (κ3) is 5.01. The van der Waals surface area contributed by atoms with E-state index in [0.717, 1.165) is 31.5 Å². The van der Waals surface area contributed by atoms with E-state index in [4.69, 9.17) is 4.74 Å². The quantitative estimate of drug-likeness (QED) is 0.818. The van der Waals surface area contributed by atoms with E-state index in [9.17, 15) is 14.3 Å². The molecule has 2 aromatic rings. The van der Waals surface area contributed by atoms with Crippen molar-refractivity contribution < 1.29 is 19.0 Å². The fourth-order valence-electron chi connectivity index (χ4n) is 3.96. The smallest absolute Gasteiger partial charge is 0.321 e. The monoisotopic (exact) mass is 386 g/mol. The Hall–Kier alpha value is -2.60. The molecule has 1 aliphatic carbocycles. The van der Waals surface area contributed by atoms with Crippen LogP contribution in [-0.4, -0.2) is 42.3 Å². The van der Waals surface area contributed by atoms with Gasteiger partial charge in [0.15, 0.2) is 0 Å². The highest BCUT2D eigenvalue weighted by molar-refractivity contribution is 5.91. The number of hydrogen-bond acceptors (Lipinski definition) is 3. The van der Waals surface area contributed by atoms with Crippen LogP contribution in [0.25, 0.3) is 0 Å². The van der Waals surface area contributed by atoms with Crippen molar-refractivity contribution in [2.45, 2.75) is 25.9 Å². The number of aliphatic hydroxyl groups excluding tert-OH is 1. The summed E-state index contributed by atoms with van der Waals surface area (Å²) in [4.78, 5) is 14.3. The van der Waals surface area contributed by atoms with Crippen molar-refractivity contribution in [3.05, 3.63) is 59.9 Å². The number of carbonyl (C=O) groups excluding carboxylic acids is 1. The van der Waals surface area contributed by atoms with E-state index in [1.807, 2.05) is 30.0 Å². The number of hydrogen-bond donors (Lipinski definition) is 2. The van der Waals surface area contributed by atoms with Gasteiger partial charge in [0.1, 0.15) is 11.6 Å². The van der Waals surface area contributed by atoms with Gasteiger partial charge in [-0.25, -0.2) is 9.18 Å². The van der Waals surface area contributed by atoms with Crippen LogP contribution in [0.15, 0.2) is 48.5 Å². The molecule has 1 heterocycles. The first-order valence-corrected chi connectivity index (χ1v) is 9.55. The molecule has 1 saturated carbocycles. The summed E-state index contributed by atoms with van der Waals surface area (Å²) < 4.78 is 17.2. The molecule has 0 aromatic heterocycles. The van der Waals surface area contributed by atoms with Gasteiger partial charge in [0.2, 0.25) is 0 Å². The summed E-state index contributed by atoms with van der Waals surface area (Å²) >= 11 is 0. The number of ether oxygens (including phenoxy) is 1. The molecule has 2 aromatic carbocycles. The zero-order valence-corrected chi connectivity index (χ0v) is 16.3. The molecule has 0 spiro atoms. The number of halogens is 1. The average molecular weight is 386 g/mol. The molecule has 5 nitrogen and oxygen atoms in total. The van der Waals surface area contributed by atoms with Crippen LogP contribution in [0, 0.1) is 24.6 Å². The maximum absolute atomic E-state index is 12.4. The molecule has 0 radical (unpaired) electrons. The molecule has 2 amide bonds. The molecule has 0 bridgehead atoms. The number of urea groups is 1. The minimum absolute atomic E-state index is 0.0808. The Morgan fingerprint density at radius 3 is 2.32 bits per heavy atom. The average Bonchev–Trinajstić information content (AvgIpc) is 3.21. The Balaban J connectivity index is 0.000000271. The molecule has 1 saturated heterocycles. The molecular formula is C22H27FN2O3. The fourth-order valence-corrected chi connectivity index (χ4v) is 3.96. The third-order valence-corrected chi connectivity index (χ3v) is 5.34. The Bertz CT molecular complexity index is 786. The maximum Gasteiger partial charge on any atom is 0.321 e. The number of carbonyl (C=O) groups is 1. The van der Waals surface area contributed by atoms with E-state index >= 15 is 0 Å². The number of benzene rings is 2. The number of nitrogens with zero attached hydrogens (tertiary/aromatic N) is 1. The van der Waals surface area contributed by atoms with Gasteiger partial charge in [0.05, 0.1) is 18.9 Å². The molecule has 3 atom stereocenters. The van der Waals surface area contributed by atoms with Gasteiger partial charge >= 0.3 is 6.03 Å². The van der Waals surface area contributed by atoms with Gasteiger partial charge in [0.25, 0.3) is 0 Å². The molecule has 1 unspecified atom stereocenters. The van der Waals surface area contributed by atoms with Crippen LogP contribution in [-0.2, 0) is 0 Å². The lowest BCUT2D eigenvalue weighted by molar-refractivity contribution is 0.163. The normalized spacial score (nSPS) is 22.9. The number of nitrogens with one attached hydrogen (secondary N) is 1. The van der Waals surface area contributed by atoms with E-state index in [2.05, 4.69) is 5.32 Å². The summed E-state index contributed by atoms with van der Waals surface area (Å²) in [5.41, 5.74) is 1.78. The molecule has 4 rings (SSSR count). The van der Waals surface area contributed by atoms with Gasteiger partial charge in [-0.3, -0.25) is 0 Å². The lowest BCUT2D eigenvalue weighted by Gasteiger charge is -2.20. The first kappa shape index (κ1) is 20.1. The second kappa shape index (κ2) is 9.06. The van der Waals surface area contributed by atoms with Crippen molar-refractivity contribution in [3.8, 4) is 5.75 Å². The molecule has 2 aliphatic rings. The van der Waals surface area contributed by atoms with Crippen molar-refractivity contribution in [1.29, 1.82) is 0 Å². The topological polar surface area (TPSA) is 61.8 Å². The van der Waals surface area contributed by atoms with Crippen LogP contribution in [0.4, 0.5) is 14.9 Å². The number of anilines is 1. The first-order valence-electron chi connectivity index (χ1n) is 9.55. The Morgan fingerprint density at radius 1 is 1.14 bits per heavy atom. The van der Waals surface area contributed by atoms with E-state index in [-0.39, 0.29) is 18.0 Å². The van der Waals surface area contributed by atoms with Crippen LogP contribution in [0.5, 0.6) is 5.75 Å². The van der Waals surface area contributed by atoms with Gasteiger partial charge in [-0.1, -0.05) is 24.3 Å². The first-order chi connectivity index (χ1) is 13.5. The predicted octanol–water partition coefficient (Wildman–Crippen LogP) is 4.06. The van der Waals surface area contributed by atoms with Crippen LogP contribution in [0.3, 0.4) is 0 Å². The number of likely N-dealkylation sites (tertiary alicyclic amines) is 1. The second-order valence-electron chi connectivity index (χ2n) is 7.48. The second-order valence-corrected chi connectivity index (χ2v) is 7.48. The number of methoxy groups -OCH3 is 1. The molecular weight excluding hydrogens is 359 g/mol. The lowest BCUT2D eigenvalue weighted by atomic mass is 10.0. The summed E-state index contributed by atoms with van der Waals surface area (Å²) in [6, 6.07) is 13.6. The standard InChI is InChI=1S/C16H22N2O3.C6H5F/c1-10-3-4-15(21-2)14(5-10)17-16(20)18-8-11-6-13(19)7-12(11)9-18;7-6-4-2-1-3-5-6/h3-5,11-13,19H,6-9H2,1-2H3,(H,17,20);1-5H/t11-,12+,13?;. The molecule has 1 aliphatic heterocycles. The number of aryl methyl sites for hydroxylation is 1. The highest BCUT2D eigenvalue weighted by atomic mass is 19.1. The SMILES string of the molecule is COc1ccc(C)cc1NC(=O)N1C[C@H]2CC(O)C[C@H]2C1.Fc1ccccc1. The summed E-state index contributed by atoms with van der Waals surface area (Å²) in [6.07, 6.45) is 1.46. The van der Waals surface area contributed by atoms with Crippen molar-refractivity contribution in [1.82, 2.24) is 4.90 Å². The van der Waals surface area contributed by atoms with Crippen LogP contribution in [0.1, 0.15) is 18.4 Å². The zero-order chi connectivity index (χ0) is 20.1. The van der Waals surface area contributed by atoms with E-state index in [0.29, 0.717) is 23.3 Å². The van der Waals surface area contributed by atoms with Crippen molar-refractivity contribution in [2.24, 2.45) is 11.8 Å². The molecule has 2 fully saturated rings. The van der Waals surface area contributed by atoms with Crippen molar-refractivity contribution in [3.63, 3.8) is 0 Å². The number of fused-ring (bicyclic) bond motifs is 1. The van der Waals surface area contributed by atoms with Gasteiger partial charge in [0, 0.05) is 13.1 Å². The highest BCUT2D eigenvalue weighted by Gasteiger charge is 2.41. The highest BCUT2D eigenvalue weighted by Crippen LogP contribution is 2.38. The number of rotatable bonds is 2. The van der Waals surface area contributed by atoms with Gasteiger partial charge < -0.3 is 20.1 Å². The largest absolute Gasteiger partial charge is 0.495 e. The molecule has 150 valence electrons. The summed E-state index contributed by atoms with van der Waals surface area (Å²) in [5.74, 6) is 1.39. The summed E-state index contributed by atoms with van der Waals surface area (Å²) in [6.45, 7) is 3.46. The molecule has 6 heteroatoms. The summed E-state index contributed by atoms with van der Waals surface area (Å²) in [5, 5.41) is 12.6. The third-order valence-electron chi connectivity index (χ3n) is 5.34. The van der Waals surface area contributed by atoms with Gasteiger partial charge in [-0.15, -0.1) is 0 Å². The minimum atomic E-state index is -0.179. The van der Waals surface area contributed by atoms with Crippen LogP contribution < -0.4 is 10.1 Å². The van der Waals surface area contributed by atoms with Crippen molar-refractivity contribution >= 4 is 11.7 Å². The van der Waals surface area contributed by atoms with Crippen molar-refractivity contribution in [2.75, 3.05) is 25.5 Å². The van der Waals surface area contributed by atoms with E-state index in [1.54, 1.807) is 25.3 Å². The predicted molar refractivity (Wildman–Crippen MR) is 107 cm³/mol. The number of aliphatic hydroxyl groups is 1. The fraction of sp³-hybridized carbons (Fsp3) is 0.409. The van der Waals surface area contributed by atoms with Crippen LogP contribution >= 0.6 is 0 Å². The Morgan fingerprint density at radius 2 is 1.79 bits per heavy atom. The molecule has 28 heavy (non-hydrogen) atoms. The number of amides is 2. The van der Waals surface area contributed by atoms with Crippen LogP contribution in [0.2, 0.25) is 0 Å². The maximum atomic E-state index is 12.4.